The van der Waals surface area contributed by atoms with Gasteiger partial charge in [-0.3, -0.25) is 9.69 Å². The normalized spacial score (nSPS) is 23.7. The first kappa shape index (κ1) is 26.9. The summed E-state index contributed by atoms with van der Waals surface area (Å²) < 4.78 is 24.9. The molecule has 0 bridgehead atoms. The number of nitrogens with one attached hydrogen (secondary N) is 2. The number of nitrogens with zero attached hydrogens (tertiary/aromatic N) is 1. The lowest BCUT2D eigenvalue weighted by Crippen LogP contribution is -2.54. The van der Waals surface area contributed by atoms with Crippen molar-refractivity contribution < 1.29 is 28.6 Å². The summed E-state index contributed by atoms with van der Waals surface area (Å²) in [6.45, 7) is 6.82. The molecule has 3 N–H and O–H groups in total. The van der Waals surface area contributed by atoms with Gasteiger partial charge in [-0.05, 0) is 50.5 Å². The molecule has 0 unspecified atom stereocenters. The number of amides is 2. The second-order valence-corrected chi connectivity index (χ2v) is 10.7. The zero-order valence-corrected chi connectivity index (χ0v) is 21.6. The SMILES string of the molecule is CC(C)(C)OC(=O)NCCC(=O)N[C@@H]1C[C@@H](Oc2cccc(F)c2)[C@H](O)[C@H]1N1CCc2ccccc2C1. The molecule has 8 nitrogen and oxygen atoms in total. The second kappa shape index (κ2) is 11.5. The third-order valence-corrected chi connectivity index (χ3v) is 6.66. The van der Waals surface area contributed by atoms with Gasteiger partial charge in [0.05, 0.1) is 12.1 Å². The predicted molar refractivity (Wildman–Crippen MR) is 137 cm³/mol. The third-order valence-electron chi connectivity index (χ3n) is 6.66. The van der Waals surface area contributed by atoms with Crippen molar-refractivity contribution in [3.63, 3.8) is 0 Å². The van der Waals surface area contributed by atoms with Crippen molar-refractivity contribution in [2.24, 2.45) is 0 Å². The Kier molecular flexibility index (Phi) is 8.34. The maximum atomic E-state index is 13.7. The van der Waals surface area contributed by atoms with E-state index in [0.29, 0.717) is 18.7 Å². The Morgan fingerprint density at radius 1 is 1.14 bits per heavy atom. The van der Waals surface area contributed by atoms with E-state index in [-0.39, 0.29) is 31.0 Å². The number of hydrogen-bond donors (Lipinski definition) is 3. The first-order valence-electron chi connectivity index (χ1n) is 12.8. The van der Waals surface area contributed by atoms with Gasteiger partial charge in [-0.25, -0.2) is 9.18 Å². The molecule has 1 heterocycles. The van der Waals surface area contributed by atoms with Crippen LogP contribution in [0.4, 0.5) is 9.18 Å². The van der Waals surface area contributed by atoms with E-state index in [0.717, 1.165) is 13.0 Å². The molecule has 37 heavy (non-hydrogen) atoms. The second-order valence-electron chi connectivity index (χ2n) is 10.7. The van der Waals surface area contributed by atoms with Crippen LogP contribution >= 0.6 is 0 Å². The summed E-state index contributed by atoms with van der Waals surface area (Å²) in [5.41, 5.74) is 1.86. The van der Waals surface area contributed by atoms with Crippen molar-refractivity contribution in [1.82, 2.24) is 15.5 Å². The molecule has 0 radical (unpaired) electrons. The monoisotopic (exact) mass is 513 g/mol. The van der Waals surface area contributed by atoms with Crippen molar-refractivity contribution in [2.45, 2.75) is 76.5 Å². The number of aliphatic hydroxyl groups excluding tert-OH is 1. The maximum Gasteiger partial charge on any atom is 0.407 e. The van der Waals surface area contributed by atoms with Crippen molar-refractivity contribution in [2.75, 3.05) is 13.1 Å². The quantitative estimate of drug-likeness (QED) is 0.526. The molecule has 4 atom stereocenters. The minimum atomic E-state index is -0.890. The van der Waals surface area contributed by atoms with Gasteiger partial charge in [0.2, 0.25) is 5.91 Å². The van der Waals surface area contributed by atoms with Gasteiger partial charge in [-0.15, -0.1) is 0 Å². The lowest BCUT2D eigenvalue weighted by Gasteiger charge is -2.38. The van der Waals surface area contributed by atoms with Gasteiger partial charge in [0, 0.05) is 38.5 Å². The van der Waals surface area contributed by atoms with E-state index in [1.54, 1.807) is 32.9 Å². The number of halogens is 1. The lowest BCUT2D eigenvalue weighted by molar-refractivity contribution is -0.122. The molecule has 4 rings (SSSR count). The van der Waals surface area contributed by atoms with Gasteiger partial charge >= 0.3 is 6.09 Å². The Bertz CT molecular complexity index is 1110. The van der Waals surface area contributed by atoms with Gasteiger partial charge in [-0.1, -0.05) is 30.3 Å². The third kappa shape index (κ3) is 7.20. The molecule has 2 amide bonds. The lowest BCUT2D eigenvalue weighted by atomic mass is 9.97. The van der Waals surface area contributed by atoms with Crippen LogP contribution in [0.3, 0.4) is 0 Å². The molecule has 1 aliphatic heterocycles. The number of hydrogen-bond acceptors (Lipinski definition) is 6. The molecule has 2 aromatic carbocycles. The van der Waals surface area contributed by atoms with E-state index in [1.807, 2.05) is 12.1 Å². The summed E-state index contributed by atoms with van der Waals surface area (Å²) in [7, 11) is 0. The van der Waals surface area contributed by atoms with Gasteiger partial charge in [0.25, 0.3) is 0 Å². The highest BCUT2D eigenvalue weighted by molar-refractivity contribution is 5.77. The molecule has 1 saturated carbocycles. The van der Waals surface area contributed by atoms with E-state index >= 15 is 0 Å². The van der Waals surface area contributed by atoms with Crippen LogP contribution in [0.25, 0.3) is 0 Å². The Morgan fingerprint density at radius 2 is 1.89 bits per heavy atom. The predicted octanol–water partition coefficient (Wildman–Crippen LogP) is 3.16. The number of carbonyl (C=O) groups excluding carboxylic acids is 2. The Morgan fingerprint density at radius 3 is 2.62 bits per heavy atom. The van der Waals surface area contributed by atoms with Crippen LogP contribution in [0.1, 0.15) is 44.7 Å². The molecular formula is C28H36FN3O5. The Labute approximate surface area is 217 Å². The number of ether oxygens (including phenoxy) is 2. The van der Waals surface area contributed by atoms with Crippen LogP contribution in [-0.2, 0) is 22.5 Å². The van der Waals surface area contributed by atoms with Crippen molar-refractivity contribution >= 4 is 12.0 Å². The van der Waals surface area contributed by atoms with Crippen LogP contribution < -0.4 is 15.4 Å². The molecule has 9 heteroatoms. The van der Waals surface area contributed by atoms with E-state index in [9.17, 15) is 19.1 Å². The van der Waals surface area contributed by atoms with Gasteiger partial charge in [-0.2, -0.15) is 0 Å². The molecular weight excluding hydrogens is 477 g/mol. The number of benzene rings is 2. The van der Waals surface area contributed by atoms with Crippen LogP contribution in [0.15, 0.2) is 48.5 Å². The molecule has 200 valence electrons. The van der Waals surface area contributed by atoms with Gasteiger partial charge in [0.1, 0.15) is 29.4 Å². The van der Waals surface area contributed by atoms with Crippen LogP contribution in [-0.4, -0.2) is 65.0 Å². The summed E-state index contributed by atoms with van der Waals surface area (Å²) >= 11 is 0. The summed E-state index contributed by atoms with van der Waals surface area (Å²) in [6.07, 6.45) is -0.810. The number of rotatable bonds is 7. The van der Waals surface area contributed by atoms with E-state index in [4.69, 9.17) is 9.47 Å². The topological polar surface area (TPSA) is 100 Å². The van der Waals surface area contributed by atoms with Gasteiger partial charge in [0.15, 0.2) is 0 Å². The highest BCUT2D eigenvalue weighted by Gasteiger charge is 2.47. The smallest absolute Gasteiger partial charge is 0.407 e. The van der Waals surface area contributed by atoms with Crippen molar-refractivity contribution in [3.8, 4) is 5.75 Å². The molecule has 2 aliphatic rings. The number of carbonyl (C=O) groups is 2. The summed E-state index contributed by atoms with van der Waals surface area (Å²) in [5, 5.41) is 17.0. The maximum absolute atomic E-state index is 13.7. The summed E-state index contributed by atoms with van der Waals surface area (Å²) in [5.74, 6) is -0.334. The standard InChI is InChI=1S/C28H36FN3O5/c1-28(2,3)37-27(35)30-13-11-24(33)31-22-16-23(36-21-10-6-9-20(29)15-21)26(34)25(22)32-14-12-18-7-4-5-8-19(18)17-32/h4-10,15,22-23,25-26,34H,11-14,16-17H2,1-3H3,(H,30,35)(H,31,33)/t22-,23-,25+,26+/m1/s1. The highest BCUT2D eigenvalue weighted by Crippen LogP contribution is 2.32. The van der Waals surface area contributed by atoms with E-state index < -0.39 is 29.7 Å². The fourth-order valence-corrected chi connectivity index (χ4v) is 5.08. The molecule has 1 aliphatic carbocycles. The molecule has 0 aromatic heterocycles. The molecule has 0 spiro atoms. The van der Waals surface area contributed by atoms with Crippen LogP contribution in [0, 0.1) is 5.82 Å². The summed E-state index contributed by atoms with van der Waals surface area (Å²) in [6, 6.07) is 13.3. The zero-order chi connectivity index (χ0) is 26.6. The average molecular weight is 514 g/mol. The van der Waals surface area contributed by atoms with Gasteiger partial charge < -0.3 is 25.2 Å². The minimum absolute atomic E-state index is 0.0663. The summed E-state index contributed by atoms with van der Waals surface area (Å²) in [4.78, 5) is 26.9. The molecule has 0 saturated heterocycles. The number of alkyl carbamates (subject to hydrolysis) is 1. The number of aliphatic hydroxyl groups is 1. The van der Waals surface area contributed by atoms with Crippen LogP contribution in [0.2, 0.25) is 0 Å². The zero-order valence-electron chi connectivity index (χ0n) is 21.6. The van der Waals surface area contributed by atoms with E-state index in [1.165, 1.54) is 23.3 Å². The average Bonchev–Trinajstić information content (AvgIpc) is 3.11. The first-order valence-corrected chi connectivity index (χ1v) is 12.8. The number of fused-ring (bicyclic) bond motifs is 1. The van der Waals surface area contributed by atoms with Crippen LogP contribution in [0.5, 0.6) is 5.75 Å². The molecule has 1 fully saturated rings. The Balaban J connectivity index is 1.43. The minimum Gasteiger partial charge on any atom is -0.487 e. The first-order chi connectivity index (χ1) is 17.6. The Hall–Kier alpha value is -3.17. The largest absolute Gasteiger partial charge is 0.487 e. The van der Waals surface area contributed by atoms with E-state index in [2.05, 4.69) is 27.7 Å². The van der Waals surface area contributed by atoms with Crippen molar-refractivity contribution in [1.29, 1.82) is 0 Å². The fourth-order valence-electron chi connectivity index (χ4n) is 5.08. The molecule has 2 aromatic rings. The fraction of sp³-hybridized carbons (Fsp3) is 0.500. The van der Waals surface area contributed by atoms with Crippen molar-refractivity contribution in [3.05, 3.63) is 65.5 Å². The highest BCUT2D eigenvalue weighted by atomic mass is 19.1.